The smallest absolute Gasteiger partial charge is 0.258 e. The molecule has 0 aliphatic heterocycles. The largest absolute Gasteiger partial charge is 0.384 e. The van der Waals surface area contributed by atoms with Crippen LogP contribution in [0.1, 0.15) is 15.9 Å². The summed E-state index contributed by atoms with van der Waals surface area (Å²) >= 11 is 0. The minimum Gasteiger partial charge on any atom is -0.384 e. The molecule has 5 nitrogen and oxygen atoms in total. The fourth-order valence-electron chi connectivity index (χ4n) is 1.40. The number of amides is 1. The third-order valence-corrected chi connectivity index (χ3v) is 2.28. The summed E-state index contributed by atoms with van der Waals surface area (Å²) in [7, 11) is 0. The van der Waals surface area contributed by atoms with Crippen LogP contribution in [-0.4, -0.2) is 27.6 Å². The van der Waals surface area contributed by atoms with Crippen LogP contribution >= 0.6 is 0 Å². The maximum absolute atomic E-state index is 11.8. The molecular weight excluding hydrogens is 242 g/mol. The lowest BCUT2D eigenvalue weighted by Crippen LogP contribution is -2.12. The van der Waals surface area contributed by atoms with Gasteiger partial charge in [0.2, 0.25) is 0 Å². The Balaban J connectivity index is 2.06. The van der Waals surface area contributed by atoms with Crippen LogP contribution in [-0.2, 0) is 0 Å². The molecule has 1 aromatic heterocycles. The predicted molar refractivity (Wildman–Crippen MR) is 70.4 cm³/mol. The number of aromatic nitrogens is 2. The molecule has 2 rings (SSSR count). The zero-order chi connectivity index (χ0) is 13.5. The summed E-state index contributed by atoms with van der Waals surface area (Å²) in [5.41, 5.74) is 1.82. The molecule has 1 heterocycles. The molecule has 0 spiro atoms. The lowest BCUT2D eigenvalue weighted by atomic mass is 10.2. The third kappa shape index (κ3) is 3.63. The Labute approximate surface area is 110 Å². The number of hydrogen-bond acceptors (Lipinski definition) is 4. The number of aliphatic hydroxyl groups is 1. The van der Waals surface area contributed by atoms with Gasteiger partial charge in [0.1, 0.15) is 12.9 Å². The summed E-state index contributed by atoms with van der Waals surface area (Å²) in [6, 6.07) is 7.01. The molecule has 0 saturated heterocycles. The van der Waals surface area contributed by atoms with Gasteiger partial charge in [-0.1, -0.05) is 11.8 Å². The van der Waals surface area contributed by atoms with Gasteiger partial charge in [0.05, 0.1) is 5.56 Å². The maximum Gasteiger partial charge on any atom is 0.258 e. The Kier molecular flexibility index (Phi) is 4.21. The van der Waals surface area contributed by atoms with Crippen molar-refractivity contribution in [3.63, 3.8) is 0 Å². The number of nitrogens with one attached hydrogen (secondary N) is 1. The van der Waals surface area contributed by atoms with Crippen molar-refractivity contribution in [2.45, 2.75) is 0 Å². The minimum absolute atomic E-state index is 0.174. The fourth-order valence-corrected chi connectivity index (χ4v) is 1.40. The van der Waals surface area contributed by atoms with Crippen molar-refractivity contribution < 1.29 is 9.90 Å². The number of nitrogens with zero attached hydrogens (tertiary/aromatic N) is 2. The number of benzene rings is 1. The zero-order valence-corrected chi connectivity index (χ0v) is 10.00. The first-order valence-corrected chi connectivity index (χ1v) is 5.56. The predicted octanol–water partition coefficient (Wildman–Crippen LogP) is 1.07. The van der Waals surface area contributed by atoms with Crippen LogP contribution in [0.15, 0.2) is 43.0 Å². The molecule has 0 aliphatic rings. The number of anilines is 1. The van der Waals surface area contributed by atoms with Crippen LogP contribution in [0.4, 0.5) is 5.69 Å². The molecule has 1 aromatic carbocycles. The normalized spacial score (nSPS) is 9.32. The van der Waals surface area contributed by atoms with Crippen LogP contribution in [0.25, 0.3) is 0 Å². The average Bonchev–Trinajstić information content (AvgIpc) is 2.47. The van der Waals surface area contributed by atoms with E-state index in [9.17, 15) is 4.79 Å². The molecule has 0 fully saturated rings. The highest BCUT2D eigenvalue weighted by molar-refractivity contribution is 6.03. The number of rotatable bonds is 2. The van der Waals surface area contributed by atoms with Crippen LogP contribution in [0.2, 0.25) is 0 Å². The first-order valence-electron chi connectivity index (χ1n) is 5.56. The van der Waals surface area contributed by atoms with E-state index in [0.29, 0.717) is 11.3 Å². The topological polar surface area (TPSA) is 75.1 Å². The van der Waals surface area contributed by atoms with E-state index in [1.807, 2.05) is 0 Å². The highest BCUT2D eigenvalue weighted by Crippen LogP contribution is 2.10. The van der Waals surface area contributed by atoms with E-state index < -0.39 is 0 Å². The van der Waals surface area contributed by atoms with Crippen LogP contribution in [0.5, 0.6) is 0 Å². The second-order valence-electron chi connectivity index (χ2n) is 3.62. The third-order valence-electron chi connectivity index (χ3n) is 2.28. The second-order valence-corrected chi connectivity index (χ2v) is 3.62. The quantitative estimate of drug-likeness (QED) is 0.785. The van der Waals surface area contributed by atoms with E-state index in [0.717, 1.165) is 5.56 Å². The Morgan fingerprint density at radius 1 is 1.21 bits per heavy atom. The summed E-state index contributed by atoms with van der Waals surface area (Å²) in [5.74, 6) is 5.06. The standard InChI is InChI=1S/C14H11N3O2/c18-7-1-2-11-3-5-13(6-4-11)17-14(19)12-8-15-10-16-9-12/h3-6,8-10,18H,7H2,(H,17,19). The maximum atomic E-state index is 11.8. The Morgan fingerprint density at radius 3 is 2.53 bits per heavy atom. The summed E-state index contributed by atoms with van der Waals surface area (Å²) in [6.07, 6.45) is 4.26. The van der Waals surface area contributed by atoms with Gasteiger partial charge in [0, 0.05) is 23.6 Å². The summed E-state index contributed by atoms with van der Waals surface area (Å²) in [6.45, 7) is -0.174. The minimum atomic E-state index is -0.269. The molecule has 19 heavy (non-hydrogen) atoms. The molecule has 5 heteroatoms. The molecule has 0 unspecified atom stereocenters. The van der Waals surface area contributed by atoms with Crippen molar-refractivity contribution in [2.24, 2.45) is 0 Å². The monoisotopic (exact) mass is 253 g/mol. The van der Waals surface area contributed by atoms with E-state index in [1.54, 1.807) is 24.3 Å². The highest BCUT2D eigenvalue weighted by atomic mass is 16.2. The molecule has 0 atom stereocenters. The molecule has 2 aromatic rings. The molecule has 0 radical (unpaired) electrons. The van der Waals surface area contributed by atoms with Crippen LogP contribution < -0.4 is 5.32 Å². The molecule has 94 valence electrons. The molecule has 0 bridgehead atoms. The van der Waals surface area contributed by atoms with Gasteiger partial charge in [0.25, 0.3) is 5.91 Å². The van der Waals surface area contributed by atoms with E-state index in [2.05, 4.69) is 27.1 Å². The molecule has 2 N–H and O–H groups in total. The van der Waals surface area contributed by atoms with Crippen molar-refractivity contribution in [1.82, 2.24) is 9.97 Å². The van der Waals surface area contributed by atoms with Gasteiger partial charge in [0.15, 0.2) is 0 Å². The summed E-state index contributed by atoms with van der Waals surface area (Å²) < 4.78 is 0. The van der Waals surface area contributed by atoms with Crippen molar-refractivity contribution in [3.05, 3.63) is 54.1 Å². The number of aliphatic hydroxyl groups excluding tert-OH is 1. The Morgan fingerprint density at radius 2 is 1.89 bits per heavy atom. The SMILES string of the molecule is O=C(Nc1ccc(C#CCO)cc1)c1cncnc1. The number of carbonyl (C=O) groups is 1. The second kappa shape index (κ2) is 6.28. The average molecular weight is 253 g/mol. The Hall–Kier alpha value is -2.71. The van der Waals surface area contributed by atoms with Gasteiger partial charge in [-0.05, 0) is 24.3 Å². The number of carbonyl (C=O) groups excluding carboxylic acids is 1. The van der Waals surface area contributed by atoms with Crippen LogP contribution in [0.3, 0.4) is 0 Å². The van der Waals surface area contributed by atoms with Gasteiger partial charge in [-0.3, -0.25) is 4.79 Å². The van der Waals surface area contributed by atoms with E-state index in [4.69, 9.17) is 5.11 Å². The summed E-state index contributed by atoms with van der Waals surface area (Å²) in [5, 5.41) is 11.3. The molecule has 0 saturated carbocycles. The van der Waals surface area contributed by atoms with Gasteiger partial charge < -0.3 is 10.4 Å². The van der Waals surface area contributed by atoms with Crippen molar-refractivity contribution >= 4 is 11.6 Å². The first kappa shape index (κ1) is 12.7. The molecule has 0 aliphatic carbocycles. The van der Waals surface area contributed by atoms with Crippen molar-refractivity contribution in [3.8, 4) is 11.8 Å². The molecular formula is C14H11N3O2. The Bertz CT molecular complexity index is 613. The first-order chi connectivity index (χ1) is 9.29. The number of hydrogen-bond donors (Lipinski definition) is 2. The fraction of sp³-hybridized carbons (Fsp3) is 0.0714. The zero-order valence-electron chi connectivity index (χ0n) is 10.00. The highest BCUT2D eigenvalue weighted by Gasteiger charge is 2.05. The van der Waals surface area contributed by atoms with Gasteiger partial charge >= 0.3 is 0 Å². The van der Waals surface area contributed by atoms with Crippen molar-refractivity contribution in [1.29, 1.82) is 0 Å². The summed E-state index contributed by atoms with van der Waals surface area (Å²) in [4.78, 5) is 19.4. The van der Waals surface area contributed by atoms with E-state index in [1.165, 1.54) is 18.7 Å². The van der Waals surface area contributed by atoms with Gasteiger partial charge in [-0.25, -0.2) is 9.97 Å². The molecule has 1 amide bonds. The van der Waals surface area contributed by atoms with Crippen molar-refractivity contribution in [2.75, 3.05) is 11.9 Å². The van der Waals surface area contributed by atoms with Gasteiger partial charge in [-0.15, -0.1) is 0 Å². The lowest BCUT2D eigenvalue weighted by Gasteiger charge is -2.04. The van der Waals surface area contributed by atoms with E-state index in [-0.39, 0.29) is 12.5 Å². The van der Waals surface area contributed by atoms with E-state index >= 15 is 0 Å². The lowest BCUT2D eigenvalue weighted by molar-refractivity contribution is 0.102. The van der Waals surface area contributed by atoms with Crippen LogP contribution in [0, 0.1) is 11.8 Å². The van der Waals surface area contributed by atoms with Gasteiger partial charge in [-0.2, -0.15) is 0 Å².